The maximum absolute atomic E-state index is 5.51. The van der Waals surface area contributed by atoms with Crippen LogP contribution in [0.2, 0.25) is 0 Å². The molecule has 0 spiro atoms. The molecule has 102 valence electrons. The maximum atomic E-state index is 5.51. The number of benzene rings is 1. The lowest BCUT2D eigenvalue weighted by Crippen LogP contribution is -2.12. The summed E-state index contributed by atoms with van der Waals surface area (Å²) < 4.78 is 5.51. The molecule has 0 aromatic heterocycles. The molecule has 0 amide bonds. The Morgan fingerprint density at radius 1 is 1.16 bits per heavy atom. The van der Waals surface area contributed by atoms with Gasteiger partial charge < -0.3 is 4.74 Å². The van der Waals surface area contributed by atoms with Crippen molar-refractivity contribution in [2.24, 2.45) is 17.8 Å². The molecule has 1 aromatic rings. The minimum absolute atomic E-state index is 0.530. The Kier molecular flexibility index (Phi) is 3.19. The standard InChI is InChI=1S/C17H21BrO/c18-17(8-15-6-11-1-2-12(15)5-11)13-3-4-14-9-19-10-16(14)7-13/h3-4,7,11-12,15,17H,1-2,5-6,8-10H2. The molecule has 4 atom stereocenters. The first kappa shape index (κ1) is 12.4. The minimum atomic E-state index is 0.530. The van der Waals surface area contributed by atoms with E-state index in [1.807, 2.05) is 0 Å². The van der Waals surface area contributed by atoms with Crippen molar-refractivity contribution >= 4 is 15.9 Å². The van der Waals surface area contributed by atoms with E-state index >= 15 is 0 Å². The smallest absolute Gasteiger partial charge is 0.0725 e. The van der Waals surface area contributed by atoms with Crippen LogP contribution in [0.1, 0.15) is 53.6 Å². The molecule has 3 aliphatic rings. The molecule has 2 saturated carbocycles. The summed E-state index contributed by atoms with van der Waals surface area (Å²) in [7, 11) is 0. The fraction of sp³-hybridized carbons (Fsp3) is 0.647. The topological polar surface area (TPSA) is 9.23 Å². The van der Waals surface area contributed by atoms with Crippen LogP contribution in [0.15, 0.2) is 18.2 Å². The second-order valence-electron chi connectivity index (χ2n) is 6.66. The van der Waals surface area contributed by atoms with Crippen molar-refractivity contribution in [3.05, 3.63) is 34.9 Å². The zero-order chi connectivity index (χ0) is 12.8. The predicted octanol–water partition coefficient (Wildman–Crippen LogP) is 4.98. The maximum Gasteiger partial charge on any atom is 0.0725 e. The fourth-order valence-corrected chi connectivity index (χ4v) is 5.22. The molecule has 1 nitrogen and oxygen atoms in total. The van der Waals surface area contributed by atoms with Gasteiger partial charge in [0.25, 0.3) is 0 Å². The van der Waals surface area contributed by atoms with Crippen LogP contribution in [0.4, 0.5) is 0 Å². The average Bonchev–Trinajstić information content (AvgIpc) is 3.13. The second-order valence-corrected chi connectivity index (χ2v) is 7.76. The Morgan fingerprint density at radius 3 is 2.84 bits per heavy atom. The van der Waals surface area contributed by atoms with Crippen molar-refractivity contribution in [2.75, 3.05) is 0 Å². The van der Waals surface area contributed by atoms with Gasteiger partial charge >= 0.3 is 0 Å². The van der Waals surface area contributed by atoms with Gasteiger partial charge in [-0.3, -0.25) is 0 Å². The van der Waals surface area contributed by atoms with Gasteiger partial charge in [-0.25, -0.2) is 0 Å². The van der Waals surface area contributed by atoms with Crippen molar-refractivity contribution in [1.29, 1.82) is 0 Å². The van der Waals surface area contributed by atoms with Gasteiger partial charge in [-0.15, -0.1) is 0 Å². The van der Waals surface area contributed by atoms with Crippen LogP contribution in [0.5, 0.6) is 0 Å². The molecule has 0 radical (unpaired) electrons. The third-order valence-corrected chi connectivity index (χ3v) is 6.40. The van der Waals surface area contributed by atoms with E-state index in [2.05, 4.69) is 34.1 Å². The molecule has 2 fully saturated rings. The zero-order valence-electron chi connectivity index (χ0n) is 11.3. The van der Waals surface area contributed by atoms with E-state index in [0.29, 0.717) is 4.83 Å². The summed E-state index contributed by atoms with van der Waals surface area (Å²) in [6.07, 6.45) is 7.32. The van der Waals surface area contributed by atoms with Gasteiger partial charge in [0, 0.05) is 4.83 Å². The van der Waals surface area contributed by atoms with Crippen molar-refractivity contribution in [3.8, 4) is 0 Å². The van der Waals surface area contributed by atoms with Crippen LogP contribution in [-0.2, 0) is 18.0 Å². The van der Waals surface area contributed by atoms with Crippen molar-refractivity contribution in [3.63, 3.8) is 0 Å². The molecule has 1 aliphatic heterocycles. The zero-order valence-corrected chi connectivity index (χ0v) is 12.9. The molecular weight excluding hydrogens is 300 g/mol. The van der Waals surface area contributed by atoms with E-state index in [4.69, 9.17) is 4.74 Å². The Balaban J connectivity index is 1.47. The molecule has 2 bridgehead atoms. The Labute approximate surface area is 123 Å². The molecule has 1 heterocycles. The highest BCUT2D eigenvalue weighted by molar-refractivity contribution is 9.09. The van der Waals surface area contributed by atoms with Crippen molar-refractivity contribution in [1.82, 2.24) is 0 Å². The summed E-state index contributed by atoms with van der Waals surface area (Å²) in [5.41, 5.74) is 4.23. The van der Waals surface area contributed by atoms with E-state index in [-0.39, 0.29) is 0 Å². The first-order valence-corrected chi connectivity index (χ1v) is 8.54. The predicted molar refractivity (Wildman–Crippen MR) is 80.2 cm³/mol. The van der Waals surface area contributed by atoms with E-state index < -0.39 is 0 Å². The molecule has 1 aromatic carbocycles. The van der Waals surface area contributed by atoms with Crippen LogP contribution >= 0.6 is 15.9 Å². The molecule has 19 heavy (non-hydrogen) atoms. The number of hydrogen-bond donors (Lipinski definition) is 0. The monoisotopic (exact) mass is 320 g/mol. The number of fused-ring (bicyclic) bond motifs is 3. The first-order chi connectivity index (χ1) is 9.29. The highest BCUT2D eigenvalue weighted by atomic mass is 79.9. The van der Waals surface area contributed by atoms with E-state index in [1.54, 1.807) is 0 Å². The first-order valence-electron chi connectivity index (χ1n) is 7.63. The van der Waals surface area contributed by atoms with E-state index in [1.165, 1.54) is 48.8 Å². The summed E-state index contributed by atoms with van der Waals surface area (Å²) in [4.78, 5) is 0.530. The van der Waals surface area contributed by atoms with Gasteiger partial charge in [0.2, 0.25) is 0 Å². The van der Waals surface area contributed by atoms with Gasteiger partial charge in [0.1, 0.15) is 0 Å². The summed E-state index contributed by atoms with van der Waals surface area (Å²) in [5.74, 6) is 3.05. The second kappa shape index (κ2) is 4.89. The molecule has 4 rings (SSSR count). The summed E-state index contributed by atoms with van der Waals surface area (Å²) in [6, 6.07) is 6.90. The number of halogens is 1. The molecule has 4 unspecified atom stereocenters. The summed E-state index contributed by atoms with van der Waals surface area (Å²) in [5, 5.41) is 0. The van der Waals surface area contributed by atoms with Crippen LogP contribution < -0.4 is 0 Å². The number of alkyl halides is 1. The SMILES string of the molecule is BrC(CC1CC2CCC1C2)c1ccc2c(c1)COC2. The lowest BCUT2D eigenvalue weighted by atomic mass is 9.84. The van der Waals surface area contributed by atoms with Gasteiger partial charge in [0.15, 0.2) is 0 Å². The number of hydrogen-bond acceptors (Lipinski definition) is 1. The van der Waals surface area contributed by atoms with Gasteiger partial charge in [-0.1, -0.05) is 40.5 Å². The summed E-state index contributed by atoms with van der Waals surface area (Å²) in [6.45, 7) is 1.60. The van der Waals surface area contributed by atoms with E-state index in [9.17, 15) is 0 Å². The summed E-state index contributed by atoms with van der Waals surface area (Å²) >= 11 is 3.94. The lowest BCUT2D eigenvalue weighted by Gasteiger charge is -2.24. The van der Waals surface area contributed by atoms with Crippen LogP contribution in [0.25, 0.3) is 0 Å². The highest BCUT2D eigenvalue weighted by Crippen LogP contribution is 2.52. The molecular formula is C17H21BrO. The molecule has 0 N–H and O–H groups in total. The van der Waals surface area contributed by atoms with Crippen molar-refractivity contribution < 1.29 is 4.74 Å². The highest BCUT2D eigenvalue weighted by Gasteiger charge is 2.39. The Hall–Kier alpha value is -0.340. The third kappa shape index (κ3) is 2.27. The quantitative estimate of drug-likeness (QED) is 0.714. The molecule has 2 aliphatic carbocycles. The van der Waals surface area contributed by atoms with Crippen LogP contribution in [0, 0.1) is 17.8 Å². The number of rotatable bonds is 3. The lowest BCUT2D eigenvalue weighted by molar-refractivity contribution is 0.134. The van der Waals surface area contributed by atoms with Gasteiger partial charge in [0.05, 0.1) is 13.2 Å². The fourth-order valence-electron chi connectivity index (χ4n) is 4.45. The Bertz CT molecular complexity index is 484. The van der Waals surface area contributed by atoms with Gasteiger partial charge in [-0.2, -0.15) is 0 Å². The molecule has 2 heteroatoms. The normalized spacial score (nSPS) is 33.6. The van der Waals surface area contributed by atoms with Crippen LogP contribution in [-0.4, -0.2) is 0 Å². The minimum Gasteiger partial charge on any atom is -0.372 e. The third-order valence-electron chi connectivity index (χ3n) is 5.50. The van der Waals surface area contributed by atoms with E-state index in [0.717, 1.165) is 31.0 Å². The largest absolute Gasteiger partial charge is 0.372 e. The Morgan fingerprint density at radius 2 is 2.05 bits per heavy atom. The number of ether oxygens (including phenoxy) is 1. The van der Waals surface area contributed by atoms with Gasteiger partial charge in [-0.05, 0) is 60.1 Å². The molecule has 0 saturated heterocycles. The van der Waals surface area contributed by atoms with Crippen LogP contribution in [0.3, 0.4) is 0 Å². The van der Waals surface area contributed by atoms with Crippen molar-refractivity contribution in [2.45, 2.75) is 50.1 Å². The average molecular weight is 321 g/mol.